The predicted octanol–water partition coefficient (Wildman–Crippen LogP) is 11.1. The SMILES string of the molecule is Cc1cc(/C=C/c2ccc(Cc3cc(C)c4cc(C(C)C)ccc(C)c3-4)cc2)c2c(C)ccc(C(C)C)cc1-2. The summed E-state index contributed by atoms with van der Waals surface area (Å²) >= 11 is 0. The van der Waals surface area contributed by atoms with E-state index in [1.165, 1.54) is 77.9 Å². The normalized spacial score (nSPS) is 12.1. The Kier molecular flexibility index (Phi) is 7.50. The molecule has 0 bridgehead atoms. The fourth-order valence-corrected chi connectivity index (χ4v) is 5.98. The molecule has 0 nitrogen and oxygen atoms in total. The molecule has 0 aromatic heterocycles. The third-order valence-electron chi connectivity index (χ3n) is 8.39. The van der Waals surface area contributed by atoms with Crippen LogP contribution in [0.15, 0.2) is 72.8 Å². The molecule has 0 heteroatoms. The smallest absolute Gasteiger partial charge is 0.00194 e. The van der Waals surface area contributed by atoms with E-state index in [0.717, 1.165) is 6.42 Å². The van der Waals surface area contributed by atoms with Crippen molar-refractivity contribution in [3.8, 4) is 22.3 Å². The number of fused-ring (bicyclic) bond motifs is 2. The van der Waals surface area contributed by atoms with Gasteiger partial charge in [-0.1, -0.05) is 113 Å². The van der Waals surface area contributed by atoms with Gasteiger partial charge in [0.05, 0.1) is 0 Å². The molecule has 1 aromatic rings. The lowest BCUT2D eigenvalue weighted by Gasteiger charge is -2.07. The van der Waals surface area contributed by atoms with Crippen molar-refractivity contribution in [2.24, 2.45) is 0 Å². The van der Waals surface area contributed by atoms with E-state index < -0.39 is 0 Å². The van der Waals surface area contributed by atoms with E-state index in [9.17, 15) is 0 Å². The Hall–Kier alpha value is -3.64. The van der Waals surface area contributed by atoms with Crippen molar-refractivity contribution in [2.45, 2.75) is 73.6 Å². The van der Waals surface area contributed by atoms with Crippen LogP contribution in [0, 0.1) is 27.7 Å². The van der Waals surface area contributed by atoms with E-state index in [-0.39, 0.29) is 0 Å². The van der Waals surface area contributed by atoms with Gasteiger partial charge >= 0.3 is 0 Å². The summed E-state index contributed by atoms with van der Waals surface area (Å²) in [7, 11) is 0. The molecule has 1 aromatic carbocycles. The fourth-order valence-electron chi connectivity index (χ4n) is 5.98. The van der Waals surface area contributed by atoms with E-state index >= 15 is 0 Å². The molecule has 39 heavy (non-hydrogen) atoms. The van der Waals surface area contributed by atoms with Crippen LogP contribution in [-0.4, -0.2) is 0 Å². The molecule has 5 rings (SSSR count). The molecule has 0 spiro atoms. The summed E-state index contributed by atoms with van der Waals surface area (Å²) in [5.74, 6) is 1.05. The first-order chi connectivity index (χ1) is 18.6. The monoisotopic (exact) mass is 510 g/mol. The van der Waals surface area contributed by atoms with Crippen molar-refractivity contribution < 1.29 is 0 Å². The summed E-state index contributed by atoms with van der Waals surface area (Å²) in [5, 5.41) is 0. The van der Waals surface area contributed by atoms with Gasteiger partial charge in [-0.25, -0.2) is 0 Å². The Labute approximate surface area is 236 Å². The summed E-state index contributed by atoms with van der Waals surface area (Å²) in [5.41, 5.74) is 19.1. The van der Waals surface area contributed by atoms with Crippen molar-refractivity contribution in [2.75, 3.05) is 0 Å². The highest BCUT2D eigenvalue weighted by molar-refractivity contribution is 5.87. The summed E-state index contributed by atoms with van der Waals surface area (Å²) in [6, 6.07) is 27.8. The van der Waals surface area contributed by atoms with Crippen molar-refractivity contribution in [3.05, 3.63) is 128 Å². The first kappa shape index (κ1) is 26.9. The maximum Gasteiger partial charge on any atom is -0.00194 e. The van der Waals surface area contributed by atoms with Crippen molar-refractivity contribution in [1.29, 1.82) is 0 Å². The zero-order valence-electron chi connectivity index (χ0n) is 24.9. The molecule has 0 aliphatic heterocycles. The Bertz CT molecular complexity index is 1590. The zero-order valence-corrected chi connectivity index (χ0v) is 24.9. The minimum atomic E-state index is 0.520. The van der Waals surface area contributed by atoms with E-state index in [1.807, 2.05) is 0 Å². The average molecular weight is 511 g/mol. The van der Waals surface area contributed by atoms with Gasteiger partial charge in [-0.2, -0.15) is 0 Å². The van der Waals surface area contributed by atoms with Gasteiger partial charge in [0.25, 0.3) is 0 Å². The lowest BCUT2D eigenvalue weighted by atomic mass is 9.97. The predicted molar refractivity (Wildman–Crippen MR) is 171 cm³/mol. The largest absolute Gasteiger partial charge is 0.0587 e. The number of hydrogen-bond donors (Lipinski definition) is 0. The Morgan fingerprint density at radius 1 is 0.538 bits per heavy atom. The molecule has 0 saturated carbocycles. The summed E-state index contributed by atoms with van der Waals surface area (Å²) in [6.07, 6.45) is 5.50. The van der Waals surface area contributed by atoms with Crippen LogP contribution in [0.25, 0.3) is 34.4 Å². The van der Waals surface area contributed by atoms with Gasteiger partial charge in [0.15, 0.2) is 0 Å². The summed E-state index contributed by atoms with van der Waals surface area (Å²) in [4.78, 5) is 0. The summed E-state index contributed by atoms with van der Waals surface area (Å²) < 4.78 is 0. The Morgan fingerprint density at radius 2 is 1.08 bits per heavy atom. The van der Waals surface area contributed by atoms with Crippen LogP contribution >= 0.6 is 0 Å². The van der Waals surface area contributed by atoms with E-state index in [4.69, 9.17) is 0 Å². The van der Waals surface area contributed by atoms with E-state index in [2.05, 4.69) is 140 Å². The van der Waals surface area contributed by atoms with Crippen LogP contribution in [-0.2, 0) is 6.42 Å². The second kappa shape index (κ2) is 10.9. The van der Waals surface area contributed by atoms with Crippen molar-refractivity contribution >= 4 is 12.2 Å². The van der Waals surface area contributed by atoms with Gasteiger partial charge in [0, 0.05) is 0 Å². The van der Waals surface area contributed by atoms with Crippen molar-refractivity contribution in [1.82, 2.24) is 0 Å². The molecule has 0 saturated heterocycles. The number of rotatable bonds is 6. The maximum atomic E-state index is 2.40. The van der Waals surface area contributed by atoms with Gasteiger partial charge in [-0.15, -0.1) is 0 Å². The topological polar surface area (TPSA) is 0 Å². The van der Waals surface area contributed by atoms with Crippen molar-refractivity contribution in [3.63, 3.8) is 0 Å². The van der Waals surface area contributed by atoms with Gasteiger partial charge in [0.1, 0.15) is 0 Å². The molecule has 0 N–H and O–H groups in total. The maximum absolute atomic E-state index is 2.40. The molecule has 198 valence electrons. The van der Waals surface area contributed by atoms with Crippen LogP contribution in [0.5, 0.6) is 0 Å². The van der Waals surface area contributed by atoms with Gasteiger partial charge < -0.3 is 0 Å². The molecule has 4 aliphatic rings. The molecule has 0 heterocycles. The van der Waals surface area contributed by atoms with Gasteiger partial charge in [-0.3, -0.25) is 0 Å². The van der Waals surface area contributed by atoms with Crippen LogP contribution < -0.4 is 0 Å². The minimum Gasteiger partial charge on any atom is -0.0587 e. The molecule has 0 radical (unpaired) electrons. The standard InChI is InChI=1S/C39H42/c1-24(2)32-16-9-26(5)38-34(19-28(7)36(38)22-32)18-15-30-11-13-31(14-12-30)21-35-20-29(8)37-23-33(25(3)4)17-10-27(6)39(35)37/h9-20,22-25H,21H2,1-8H3/b18-15+. The molecule has 0 unspecified atom stereocenters. The highest BCUT2D eigenvalue weighted by atomic mass is 14.2. The minimum absolute atomic E-state index is 0.520. The molecule has 0 atom stereocenters. The first-order valence-corrected chi connectivity index (χ1v) is 14.5. The van der Waals surface area contributed by atoms with Crippen LogP contribution in [0.3, 0.4) is 0 Å². The van der Waals surface area contributed by atoms with Gasteiger partial charge in [0.2, 0.25) is 0 Å². The number of aryl methyl sites for hydroxylation is 4. The second-order valence-electron chi connectivity index (χ2n) is 12.1. The second-order valence-corrected chi connectivity index (χ2v) is 12.1. The summed E-state index contributed by atoms with van der Waals surface area (Å²) in [6.45, 7) is 18.1. The Morgan fingerprint density at radius 3 is 1.67 bits per heavy atom. The quantitative estimate of drug-likeness (QED) is 0.213. The molecule has 4 aliphatic carbocycles. The molecule has 0 amide bonds. The molecular weight excluding hydrogens is 468 g/mol. The number of hydrogen-bond acceptors (Lipinski definition) is 0. The van der Waals surface area contributed by atoms with Crippen LogP contribution in [0.2, 0.25) is 0 Å². The fraction of sp³-hybridized carbons (Fsp3) is 0.282. The molecule has 0 fully saturated rings. The number of benzene rings is 1. The highest BCUT2D eigenvalue weighted by Gasteiger charge is 2.17. The lowest BCUT2D eigenvalue weighted by Crippen LogP contribution is -1.89. The van der Waals surface area contributed by atoms with Gasteiger partial charge in [-0.05, 0) is 124 Å². The molecular formula is C39H42. The lowest BCUT2D eigenvalue weighted by molar-refractivity contribution is 0.868. The highest BCUT2D eigenvalue weighted by Crippen LogP contribution is 2.38. The third kappa shape index (κ3) is 5.44. The first-order valence-electron chi connectivity index (χ1n) is 14.5. The Balaban J connectivity index is 1.39. The van der Waals surface area contributed by atoms with E-state index in [0.29, 0.717) is 11.8 Å². The zero-order chi connectivity index (χ0) is 27.8. The van der Waals surface area contributed by atoms with Crippen LogP contribution in [0.4, 0.5) is 0 Å². The third-order valence-corrected chi connectivity index (χ3v) is 8.39. The average Bonchev–Trinajstić information content (AvgIpc) is 3.20. The van der Waals surface area contributed by atoms with E-state index in [1.54, 1.807) is 0 Å². The van der Waals surface area contributed by atoms with Crippen LogP contribution in [0.1, 0.15) is 95.2 Å².